The number of allylic oxidation sites excluding steroid dienone is 6. The third-order valence-corrected chi connectivity index (χ3v) is 16.9. The van der Waals surface area contributed by atoms with E-state index in [0.717, 1.165) is 64.2 Å². The highest BCUT2D eigenvalue weighted by atomic mass is 16.6. The summed E-state index contributed by atoms with van der Waals surface area (Å²) < 4.78 is 17.0. The molecule has 0 spiro atoms. The van der Waals surface area contributed by atoms with Crippen molar-refractivity contribution in [3.05, 3.63) is 36.5 Å². The van der Waals surface area contributed by atoms with Gasteiger partial charge in [0.15, 0.2) is 6.10 Å². The maximum Gasteiger partial charge on any atom is 0.306 e. The quantitative estimate of drug-likeness (QED) is 0.0261. The molecule has 0 saturated carbocycles. The molecule has 0 N–H and O–H groups in total. The van der Waals surface area contributed by atoms with Gasteiger partial charge in [0.05, 0.1) is 0 Å². The van der Waals surface area contributed by atoms with Crippen LogP contribution in [-0.2, 0) is 28.6 Å². The van der Waals surface area contributed by atoms with Crippen molar-refractivity contribution in [1.82, 2.24) is 0 Å². The van der Waals surface area contributed by atoms with Gasteiger partial charge in [-0.25, -0.2) is 0 Å². The van der Waals surface area contributed by atoms with Crippen molar-refractivity contribution in [3.63, 3.8) is 0 Å². The summed E-state index contributed by atoms with van der Waals surface area (Å²) >= 11 is 0. The van der Waals surface area contributed by atoms with Crippen molar-refractivity contribution in [2.45, 2.75) is 419 Å². The summed E-state index contributed by atoms with van der Waals surface area (Å²) in [5.41, 5.74) is 0. The molecule has 1 atom stereocenters. The number of rotatable bonds is 69. The topological polar surface area (TPSA) is 78.9 Å². The molecule has 6 nitrogen and oxygen atoms in total. The molecule has 0 aliphatic heterocycles. The van der Waals surface area contributed by atoms with Crippen LogP contribution in [0, 0.1) is 0 Å². The van der Waals surface area contributed by atoms with E-state index in [4.69, 9.17) is 14.2 Å². The molecular formula is C76H142O6. The lowest BCUT2D eigenvalue weighted by Crippen LogP contribution is -2.30. The fourth-order valence-electron chi connectivity index (χ4n) is 11.3. The number of unbranched alkanes of at least 4 members (excludes halogenated alkanes) is 52. The fraction of sp³-hybridized carbons (Fsp3) is 0.882. The van der Waals surface area contributed by atoms with Crippen LogP contribution in [0.15, 0.2) is 36.5 Å². The highest BCUT2D eigenvalue weighted by molar-refractivity contribution is 5.71. The molecule has 0 fully saturated rings. The molecule has 6 heteroatoms. The smallest absolute Gasteiger partial charge is 0.306 e. The van der Waals surface area contributed by atoms with E-state index < -0.39 is 6.10 Å². The molecule has 0 aromatic rings. The fourth-order valence-corrected chi connectivity index (χ4v) is 11.3. The Kier molecular flexibility index (Phi) is 69.1. The van der Waals surface area contributed by atoms with Crippen LogP contribution in [0.5, 0.6) is 0 Å². The van der Waals surface area contributed by atoms with E-state index >= 15 is 0 Å². The number of carbonyl (C=O) groups is 3. The van der Waals surface area contributed by atoms with Crippen molar-refractivity contribution >= 4 is 17.9 Å². The Morgan fingerprint density at radius 3 is 0.683 bits per heavy atom. The molecule has 0 bridgehead atoms. The second-order valence-corrected chi connectivity index (χ2v) is 25.2. The van der Waals surface area contributed by atoms with Crippen LogP contribution < -0.4 is 0 Å². The Morgan fingerprint density at radius 2 is 0.439 bits per heavy atom. The van der Waals surface area contributed by atoms with Crippen molar-refractivity contribution in [2.24, 2.45) is 0 Å². The Morgan fingerprint density at radius 1 is 0.244 bits per heavy atom. The van der Waals surface area contributed by atoms with Crippen LogP contribution >= 0.6 is 0 Å². The molecule has 0 heterocycles. The second-order valence-electron chi connectivity index (χ2n) is 25.2. The molecule has 82 heavy (non-hydrogen) atoms. The van der Waals surface area contributed by atoms with E-state index in [0.29, 0.717) is 19.3 Å². The molecule has 0 aromatic carbocycles. The summed E-state index contributed by atoms with van der Waals surface area (Å²) in [6, 6.07) is 0. The predicted molar refractivity (Wildman–Crippen MR) is 358 cm³/mol. The maximum atomic E-state index is 13.0. The van der Waals surface area contributed by atoms with Crippen molar-refractivity contribution < 1.29 is 28.6 Å². The predicted octanol–water partition coefficient (Wildman–Crippen LogP) is 25.5. The van der Waals surface area contributed by atoms with E-state index in [1.165, 1.54) is 308 Å². The lowest BCUT2D eigenvalue weighted by molar-refractivity contribution is -0.167. The van der Waals surface area contributed by atoms with E-state index in [1.807, 2.05) is 0 Å². The zero-order valence-corrected chi connectivity index (χ0v) is 55.5. The third-order valence-electron chi connectivity index (χ3n) is 16.9. The average Bonchev–Trinajstić information content (AvgIpc) is 3.47. The van der Waals surface area contributed by atoms with Crippen molar-refractivity contribution in [2.75, 3.05) is 13.2 Å². The van der Waals surface area contributed by atoms with E-state index in [1.54, 1.807) is 0 Å². The van der Waals surface area contributed by atoms with Gasteiger partial charge in [-0.15, -0.1) is 0 Å². The van der Waals surface area contributed by atoms with E-state index in [2.05, 4.69) is 57.2 Å². The van der Waals surface area contributed by atoms with Gasteiger partial charge in [0.2, 0.25) is 0 Å². The standard InChI is InChI=1S/C76H142O6/c1-4-7-10-13-16-19-22-25-28-31-34-37-40-42-45-48-51-54-57-60-63-66-69-75(78)81-72-73(82-76(79)70-67-64-61-58-55-52-49-46-43-39-36-33-30-27-24-21-18-15-12-9-6-3)71-80-74(77)68-65-62-59-56-53-50-47-44-41-38-35-32-29-26-23-20-17-14-11-8-5-2/h24,27,32-33,35-36,73H,4-23,25-26,28-31,34,37-72H2,1-3H3/b27-24-,35-32-,36-33-. The minimum absolute atomic E-state index is 0.0693. The summed E-state index contributed by atoms with van der Waals surface area (Å²) in [6.45, 7) is 6.71. The van der Waals surface area contributed by atoms with Crippen LogP contribution in [0.3, 0.4) is 0 Å². The first-order chi connectivity index (χ1) is 40.5. The molecule has 482 valence electrons. The molecule has 0 amide bonds. The molecule has 1 unspecified atom stereocenters. The molecule has 0 aliphatic rings. The molecule has 0 rings (SSSR count). The summed E-state index contributed by atoms with van der Waals surface area (Å²) in [4.78, 5) is 38.5. The Bertz CT molecular complexity index is 1370. The van der Waals surface area contributed by atoms with Gasteiger partial charge in [-0.3, -0.25) is 14.4 Å². The normalized spacial score (nSPS) is 12.2. The Hall–Kier alpha value is -2.37. The van der Waals surface area contributed by atoms with Gasteiger partial charge in [-0.2, -0.15) is 0 Å². The minimum Gasteiger partial charge on any atom is -0.462 e. The van der Waals surface area contributed by atoms with Gasteiger partial charge in [0.1, 0.15) is 13.2 Å². The number of carbonyl (C=O) groups excluding carboxylic acids is 3. The summed E-state index contributed by atoms with van der Waals surface area (Å²) in [6.07, 6.45) is 88.9. The SMILES string of the molecule is CCCCCCC/C=C\C/C=C\CCCCCCCCCCCC(=O)OC(COC(=O)CCCCCCCCCCC/C=C\CCCCCCCCCC)COC(=O)CCCCCCCCCCCCCCCCCCCCCCCC. The van der Waals surface area contributed by atoms with Crippen LogP contribution in [0.4, 0.5) is 0 Å². The number of hydrogen-bond donors (Lipinski definition) is 0. The highest BCUT2D eigenvalue weighted by Crippen LogP contribution is 2.19. The van der Waals surface area contributed by atoms with Gasteiger partial charge in [-0.05, 0) is 77.0 Å². The largest absolute Gasteiger partial charge is 0.462 e. The second kappa shape index (κ2) is 71.1. The van der Waals surface area contributed by atoms with E-state index in [9.17, 15) is 14.4 Å². The summed E-state index contributed by atoms with van der Waals surface area (Å²) in [5, 5.41) is 0. The number of esters is 3. The summed E-state index contributed by atoms with van der Waals surface area (Å²) in [5.74, 6) is -0.843. The summed E-state index contributed by atoms with van der Waals surface area (Å²) in [7, 11) is 0. The molecule has 0 radical (unpaired) electrons. The molecular weight excluding hydrogens is 1010 g/mol. The minimum atomic E-state index is -0.775. The number of ether oxygens (including phenoxy) is 3. The van der Waals surface area contributed by atoms with Crippen LogP contribution in [0.2, 0.25) is 0 Å². The van der Waals surface area contributed by atoms with Gasteiger partial charge in [0.25, 0.3) is 0 Å². The number of hydrogen-bond acceptors (Lipinski definition) is 6. The van der Waals surface area contributed by atoms with Crippen LogP contribution in [-0.4, -0.2) is 37.2 Å². The first kappa shape index (κ1) is 79.6. The van der Waals surface area contributed by atoms with Gasteiger partial charge < -0.3 is 14.2 Å². The lowest BCUT2D eigenvalue weighted by atomic mass is 10.0. The highest BCUT2D eigenvalue weighted by Gasteiger charge is 2.19. The molecule has 0 aliphatic carbocycles. The monoisotopic (exact) mass is 1150 g/mol. The first-order valence-corrected chi connectivity index (χ1v) is 37.0. The Balaban J connectivity index is 4.32. The zero-order valence-electron chi connectivity index (χ0n) is 55.5. The zero-order chi connectivity index (χ0) is 59.2. The molecule has 0 aromatic heterocycles. The third kappa shape index (κ3) is 68.4. The Labute approximate surface area is 512 Å². The average molecular weight is 1150 g/mol. The van der Waals surface area contributed by atoms with Crippen LogP contribution in [0.25, 0.3) is 0 Å². The first-order valence-electron chi connectivity index (χ1n) is 37.0. The van der Waals surface area contributed by atoms with Crippen molar-refractivity contribution in [1.29, 1.82) is 0 Å². The maximum absolute atomic E-state index is 13.0. The van der Waals surface area contributed by atoms with Gasteiger partial charge in [0, 0.05) is 19.3 Å². The van der Waals surface area contributed by atoms with E-state index in [-0.39, 0.29) is 31.1 Å². The molecule has 0 saturated heterocycles. The lowest BCUT2D eigenvalue weighted by Gasteiger charge is -2.18. The van der Waals surface area contributed by atoms with Gasteiger partial charge >= 0.3 is 17.9 Å². The van der Waals surface area contributed by atoms with Gasteiger partial charge in [-0.1, -0.05) is 353 Å². The van der Waals surface area contributed by atoms with Crippen LogP contribution in [0.1, 0.15) is 412 Å². The van der Waals surface area contributed by atoms with Crippen molar-refractivity contribution in [3.8, 4) is 0 Å².